The number of aliphatic imine (C=N–C) groups is 1. The van der Waals surface area contributed by atoms with Crippen LogP contribution in [0.3, 0.4) is 0 Å². The van der Waals surface area contributed by atoms with Crippen LogP contribution in [0.15, 0.2) is 29.3 Å². The van der Waals surface area contributed by atoms with Crippen molar-refractivity contribution < 1.29 is 9.53 Å². The van der Waals surface area contributed by atoms with E-state index < -0.39 is 0 Å². The number of amides is 1. The van der Waals surface area contributed by atoms with Crippen LogP contribution in [0.2, 0.25) is 0 Å². The van der Waals surface area contributed by atoms with Crippen LogP contribution >= 0.6 is 24.0 Å². The van der Waals surface area contributed by atoms with E-state index in [9.17, 15) is 4.79 Å². The number of halogens is 1. The van der Waals surface area contributed by atoms with E-state index in [-0.39, 0.29) is 36.4 Å². The van der Waals surface area contributed by atoms with Crippen molar-refractivity contribution in [2.45, 2.75) is 32.9 Å². The SMILES string of the molecule is CCNC(=NCC(=O)N1CCc2ccccc2C1)NCC(C)N1CCOCC1.I. The zero-order chi connectivity index (χ0) is 19.8. The number of benzene rings is 1. The highest BCUT2D eigenvalue weighted by Crippen LogP contribution is 2.18. The Kier molecular flexibility index (Phi) is 10.2. The lowest BCUT2D eigenvalue weighted by molar-refractivity contribution is -0.130. The van der Waals surface area contributed by atoms with Crippen molar-refractivity contribution in [1.82, 2.24) is 20.4 Å². The highest BCUT2D eigenvalue weighted by atomic mass is 127. The third kappa shape index (κ3) is 7.11. The number of rotatable bonds is 6. The molecule has 162 valence electrons. The van der Waals surface area contributed by atoms with E-state index in [2.05, 4.69) is 45.6 Å². The van der Waals surface area contributed by atoms with Crippen LogP contribution in [0.5, 0.6) is 0 Å². The lowest BCUT2D eigenvalue weighted by Crippen LogP contribution is -2.49. The number of ether oxygens (including phenoxy) is 1. The second-order valence-electron chi connectivity index (χ2n) is 7.41. The van der Waals surface area contributed by atoms with Gasteiger partial charge in [-0.25, -0.2) is 4.99 Å². The first-order valence-corrected chi connectivity index (χ1v) is 10.4. The van der Waals surface area contributed by atoms with Crippen molar-refractivity contribution in [2.24, 2.45) is 4.99 Å². The molecule has 0 saturated carbocycles. The van der Waals surface area contributed by atoms with Crippen LogP contribution in [0.1, 0.15) is 25.0 Å². The topological polar surface area (TPSA) is 69.2 Å². The molecule has 2 aliphatic heterocycles. The summed E-state index contributed by atoms with van der Waals surface area (Å²) in [5.41, 5.74) is 2.60. The molecule has 2 heterocycles. The first kappa shape index (κ1) is 23.9. The fourth-order valence-corrected chi connectivity index (χ4v) is 3.69. The summed E-state index contributed by atoms with van der Waals surface area (Å²) in [4.78, 5) is 21.5. The number of fused-ring (bicyclic) bond motifs is 1. The maximum absolute atomic E-state index is 12.6. The Hall–Kier alpha value is -1.39. The van der Waals surface area contributed by atoms with Crippen LogP contribution in [-0.2, 0) is 22.5 Å². The molecule has 1 amide bonds. The number of guanidine groups is 1. The lowest BCUT2D eigenvalue weighted by atomic mass is 10.00. The van der Waals surface area contributed by atoms with Gasteiger partial charge in [-0.05, 0) is 31.4 Å². The summed E-state index contributed by atoms with van der Waals surface area (Å²) in [5.74, 6) is 0.779. The molecule has 1 unspecified atom stereocenters. The van der Waals surface area contributed by atoms with Gasteiger partial charge in [0, 0.05) is 45.3 Å². The Bertz CT molecular complexity index is 679. The van der Waals surface area contributed by atoms with Gasteiger partial charge in [0.2, 0.25) is 5.91 Å². The molecular weight excluding hydrogens is 481 g/mol. The number of hydrogen-bond acceptors (Lipinski definition) is 4. The summed E-state index contributed by atoms with van der Waals surface area (Å²) in [6.07, 6.45) is 0.918. The van der Waals surface area contributed by atoms with Crippen molar-refractivity contribution in [3.05, 3.63) is 35.4 Å². The molecule has 0 bridgehead atoms. The smallest absolute Gasteiger partial charge is 0.244 e. The molecule has 1 aromatic rings. The molecule has 0 aromatic heterocycles. The number of nitrogens with zero attached hydrogens (tertiary/aromatic N) is 3. The van der Waals surface area contributed by atoms with E-state index in [1.54, 1.807) is 0 Å². The van der Waals surface area contributed by atoms with E-state index in [1.807, 2.05) is 17.9 Å². The monoisotopic (exact) mass is 515 g/mol. The lowest BCUT2D eigenvalue weighted by Gasteiger charge is -2.32. The maximum Gasteiger partial charge on any atom is 0.244 e. The molecule has 7 nitrogen and oxygen atoms in total. The van der Waals surface area contributed by atoms with E-state index in [4.69, 9.17) is 4.74 Å². The third-order valence-electron chi connectivity index (χ3n) is 5.43. The van der Waals surface area contributed by atoms with Crippen molar-refractivity contribution in [3.63, 3.8) is 0 Å². The maximum atomic E-state index is 12.6. The summed E-state index contributed by atoms with van der Waals surface area (Å²) in [6.45, 7) is 10.9. The highest BCUT2D eigenvalue weighted by Gasteiger charge is 2.20. The van der Waals surface area contributed by atoms with E-state index in [0.29, 0.717) is 18.5 Å². The number of carbonyl (C=O) groups excluding carboxylic acids is 1. The molecule has 0 spiro atoms. The highest BCUT2D eigenvalue weighted by molar-refractivity contribution is 14.0. The number of nitrogens with one attached hydrogen (secondary N) is 2. The third-order valence-corrected chi connectivity index (χ3v) is 5.43. The Morgan fingerprint density at radius 2 is 1.90 bits per heavy atom. The summed E-state index contributed by atoms with van der Waals surface area (Å²) in [6, 6.07) is 8.75. The van der Waals surface area contributed by atoms with Crippen molar-refractivity contribution in [3.8, 4) is 0 Å². The molecule has 2 aliphatic rings. The molecule has 3 rings (SSSR count). The molecule has 0 radical (unpaired) electrons. The van der Waals surface area contributed by atoms with Gasteiger partial charge in [-0.15, -0.1) is 24.0 Å². The predicted molar refractivity (Wildman–Crippen MR) is 127 cm³/mol. The van der Waals surface area contributed by atoms with E-state index >= 15 is 0 Å². The summed E-state index contributed by atoms with van der Waals surface area (Å²) in [7, 11) is 0. The Labute approximate surface area is 191 Å². The van der Waals surface area contributed by atoms with Crippen LogP contribution in [0.25, 0.3) is 0 Å². The summed E-state index contributed by atoms with van der Waals surface area (Å²) >= 11 is 0. The summed E-state index contributed by atoms with van der Waals surface area (Å²) in [5, 5.41) is 6.62. The van der Waals surface area contributed by atoms with E-state index in [0.717, 1.165) is 52.4 Å². The second kappa shape index (κ2) is 12.3. The number of hydrogen-bond donors (Lipinski definition) is 2. The van der Waals surface area contributed by atoms with Crippen LogP contribution in [0, 0.1) is 0 Å². The average Bonchev–Trinajstić information content (AvgIpc) is 2.75. The number of carbonyl (C=O) groups is 1. The summed E-state index contributed by atoms with van der Waals surface area (Å²) < 4.78 is 5.42. The zero-order valence-electron chi connectivity index (χ0n) is 17.5. The minimum atomic E-state index is 0. The largest absolute Gasteiger partial charge is 0.379 e. The number of morpholine rings is 1. The molecule has 8 heteroatoms. The van der Waals surface area contributed by atoms with Crippen molar-refractivity contribution >= 4 is 35.8 Å². The molecule has 1 atom stereocenters. The first-order valence-electron chi connectivity index (χ1n) is 10.4. The van der Waals surface area contributed by atoms with Gasteiger partial charge in [0.05, 0.1) is 13.2 Å². The van der Waals surface area contributed by atoms with Gasteiger partial charge in [0.15, 0.2) is 5.96 Å². The zero-order valence-corrected chi connectivity index (χ0v) is 19.9. The van der Waals surface area contributed by atoms with Crippen LogP contribution in [-0.4, -0.2) is 80.2 Å². The van der Waals surface area contributed by atoms with Gasteiger partial charge >= 0.3 is 0 Å². The second-order valence-corrected chi connectivity index (χ2v) is 7.41. The molecule has 1 aromatic carbocycles. The van der Waals surface area contributed by atoms with Crippen LogP contribution < -0.4 is 10.6 Å². The van der Waals surface area contributed by atoms with Gasteiger partial charge in [-0.2, -0.15) is 0 Å². The fraction of sp³-hybridized carbons (Fsp3) is 0.619. The van der Waals surface area contributed by atoms with E-state index in [1.165, 1.54) is 11.1 Å². The normalized spacial score (nSPS) is 18.4. The minimum Gasteiger partial charge on any atom is -0.379 e. The molecular formula is C21H34IN5O2. The average molecular weight is 515 g/mol. The molecule has 0 aliphatic carbocycles. The molecule has 1 fully saturated rings. The molecule has 1 saturated heterocycles. The van der Waals surface area contributed by atoms with Crippen molar-refractivity contribution in [2.75, 3.05) is 52.5 Å². The van der Waals surface area contributed by atoms with Crippen LogP contribution in [0.4, 0.5) is 0 Å². The Balaban J connectivity index is 0.00000300. The minimum absolute atomic E-state index is 0. The van der Waals surface area contributed by atoms with Gasteiger partial charge in [-0.3, -0.25) is 9.69 Å². The van der Waals surface area contributed by atoms with Gasteiger partial charge in [0.25, 0.3) is 0 Å². The standard InChI is InChI=1S/C21H33N5O2.HI/c1-3-22-21(23-14-17(2)25-10-12-28-13-11-25)24-15-20(27)26-9-8-18-6-4-5-7-19(18)16-26;/h4-7,17H,3,8-16H2,1-2H3,(H2,22,23,24);1H. The molecule has 2 N–H and O–H groups in total. The fourth-order valence-electron chi connectivity index (χ4n) is 3.69. The van der Waals surface area contributed by atoms with Gasteiger partial charge in [-0.1, -0.05) is 24.3 Å². The quantitative estimate of drug-likeness (QED) is 0.341. The Morgan fingerprint density at radius 3 is 2.62 bits per heavy atom. The van der Waals surface area contributed by atoms with Gasteiger partial charge in [0.1, 0.15) is 6.54 Å². The first-order chi connectivity index (χ1) is 13.7. The molecule has 29 heavy (non-hydrogen) atoms. The van der Waals surface area contributed by atoms with Crippen molar-refractivity contribution in [1.29, 1.82) is 0 Å². The van der Waals surface area contributed by atoms with Gasteiger partial charge < -0.3 is 20.3 Å². The Morgan fingerprint density at radius 1 is 1.17 bits per heavy atom. The predicted octanol–water partition coefficient (Wildman–Crippen LogP) is 1.47.